The lowest BCUT2D eigenvalue weighted by atomic mass is 9.86. The van der Waals surface area contributed by atoms with Gasteiger partial charge in [0.05, 0.1) is 6.10 Å². The van der Waals surface area contributed by atoms with E-state index in [2.05, 4.69) is 11.8 Å². The lowest BCUT2D eigenvalue weighted by molar-refractivity contribution is -0.0161. The maximum Gasteiger partial charge on any atom is 0.410 e. The number of rotatable bonds is 1. The van der Waals surface area contributed by atoms with Gasteiger partial charge in [-0.25, -0.2) is 9.18 Å². The van der Waals surface area contributed by atoms with Crippen molar-refractivity contribution in [2.75, 3.05) is 0 Å². The average molecular weight is 331 g/mol. The van der Waals surface area contributed by atoms with Crippen LogP contribution >= 0.6 is 0 Å². The topological polar surface area (TPSA) is 49.8 Å². The number of fused-ring (bicyclic) bond motifs is 2. The van der Waals surface area contributed by atoms with E-state index in [4.69, 9.17) is 4.74 Å². The fraction of sp³-hybridized carbons (Fsp3) is 0.526. The molecule has 3 rings (SSSR count). The first-order valence-corrected chi connectivity index (χ1v) is 8.36. The molecule has 2 heterocycles. The zero-order valence-electron chi connectivity index (χ0n) is 14.0. The lowest BCUT2D eigenvalue weighted by Crippen LogP contribution is -2.53. The Balaban J connectivity index is 1.74. The molecule has 1 aromatic carbocycles. The largest absolute Gasteiger partial charge is 0.447 e. The first-order valence-electron chi connectivity index (χ1n) is 8.36. The quantitative estimate of drug-likeness (QED) is 0.805. The smallest absolute Gasteiger partial charge is 0.410 e. The van der Waals surface area contributed by atoms with Gasteiger partial charge in [0.25, 0.3) is 0 Å². The van der Waals surface area contributed by atoms with Crippen LogP contribution in [0, 0.1) is 17.7 Å². The molecule has 2 aliphatic rings. The summed E-state index contributed by atoms with van der Waals surface area (Å²) in [5, 5.41) is 10.8. The number of piperidine rings is 1. The summed E-state index contributed by atoms with van der Waals surface area (Å²) in [6, 6.07) is 5.91. The molecule has 0 aliphatic carbocycles. The van der Waals surface area contributed by atoms with Gasteiger partial charge in [-0.1, -0.05) is 17.9 Å². The summed E-state index contributed by atoms with van der Waals surface area (Å²) in [4.78, 5) is 14.0. The SMILES string of the molecule is CC(C)OC(=O)N1[C@@H]2CC[C@@H]1CC(O)(C#Cc1cccc(F)c1)C2. The standard InChI is InChI=1S/C19H22FNO3/c1-13(2)24-18(22)21-16-6-7-17(21)12-19(23,11-16)9-8-14-4-3-5-15(20)10-14/h3-5,10,13,16-17,23H,6-7,11-12H2,1-2H3/t16-,17-/m1/s1. The average Bonchev–Trinajstić information content (AvgIpc) is 2.78. The van der Waals surface area contributed by atoms with E-state index in [1.165, 1.54) is 12.1 Å². The van der Waals surface area contributed by atoms with Gasteiger partial charge in [0.2, 0.25) is 0 Å². The molecule has 1 N–H and O–H groups in total. The molecule has 0 saturated carbocycles. The van der Waals surface area contributed by atoms with Crippen LogP contribution in [0.5, 0.6) is 0 Å². The van der Waals surface area contributed by atoms with Gasteiger partial charge in [-0.2, -0.15) is 0 Å². The lowest BCUT2D eigenvalue weighted by Gasteiger charge is -2.40. The van der Waals surface area contributed by atoms with Crippen molar-refractivity contribution in [1.29, 1.82) is 0 Å². The van der Waals surface area contributed by atoms with Crippen LogP contribution in [-0.2, 0) is 4.74 Å². The molecule has 2 atom stereocenters. The van der Waals surface area contributed by atoms with Crippen molar-refractivity contribution in [3.8, 4) is 11.8 Å². The molecular weight excluding hydrogens is 309 g/mol. The molecule has 128 valence electrons. The Morgan fingerprint density at radius 1 is 1.38 bits per heavy atom. The Morgan fingerprint density at radius 3 is 2.62 bits per heavy atom. The van der Waals surface area contributed by atoms with Crippen molar-refractivity contribution in [3.05, 3.63) is 35.6 Å². The van der Waals surface area contributed by atoms with Gasteiger partial charge in [-0.3, -0.25) is 0 Å². The van der Waals surface area contributed by atoms with Crippen LogP contribution in [0.15, 0.2) is 24.3 Å². The highest BCUT2D eigenvalue weighted by Crippen LogP contribution is 2.41. The number of nitrogens with zero attached hydrogens (tertiary/aromatic N) is 1. The molecule has 2 bridgehead atoms. The summed E-state index contributed by atoms with van der Waals surface area (Å²) in [7, 11) is 0. The summed E-state index contributed by atoms with van der Waals surface area (Å²) < 4.78 is 18.5. The number of carbonyl (C=O) groups excluding carboxylic acids is 1. The second-order valence-electron chi connectivity index (χ2n) is 6.92. The summed E-state index contributed by atoms with van der Waals surface area (Å²) in [5.41, 5.74) is -0.607. The number of amides is 1. The molecule has 0 radical (unpaired) electrons. The number of hydrogen-bond acceptors (Lipinski definition) is 3. The molecule has 5 heteroatoms. The fourth-order valence-electron chi connectivity index (χ4n) is 3.64. The van der Waals surface area contributed by atoms with Gasteiger partial charge in [0.15, 0.2) is 0 Å². The van der Waals surface area contributed by atoms with E-state index < -0.39 is 5.60 Å². The molecule has 2 fully saturated rings. The second kappa shape index (κ2) is 6.45. The molecule has 0 aromatic heterocycles. The Labute approximate surface area is 141 Å². The summed E-state index contributed by atoms with van der Waals surface area (Å²) >= 11 is 0. The molecule has 2 saturated heterocycles. The van der Waals surface area contributed by atoms with Gasteiger partial charge in [0, 0.05) is 30.5 Å². The van der Waals surface area contributed by atoms with Crippen LogP contribution in [0.25, 0.3) is 0 Å². The molecule has 2 aliphatic heterocycles. The Hall–Kier alpha value is -2.06. The molecule has 4 nitrogen and oxygen atoms in total. The van der Waals surface area contributed by atoms with Crippen molar-refractivity contribution in [3.63, 3.8) is 0 Å². The van der Waals surface area contributed by atoms with Crippen molar-refractivity contribution < 1.29 is 19.0 Å². The first kappa shape index (κ1) is 16.8. The minimum absolute atomic E-state index is 0.0539. The zero-order valence-corrected chi connectivity index (χ0v) is 14.0. The van der Waals surface area contributed by atoms with Crippen molar-refractivity contribution in [2.45, 2.75) is 63.3 Å². The Bertz CT molecular complexity index is 677. The number of ether oxygens (including phenoxy) is 1. The number of halogens is 1. The van der Waals surface area contributed by atoms with Crippen molar-refractivity contribution >= 4 is 6.09 Å². The summed E-state index contributed by atoms with van der Waals surface area (Å²) in [6.07, 6.45) is 2.03. The Morgan fingerprint density at radius 2 is 2.04 bits per heavy atom. The normalized spacial score (nSPS) is 28.5. The molecule has 24 heavy (non-hydrogen) atoms. The molecule has 0 spiro atoms. The van der Waals surface area contributed by atoms with E-state index in [1.807, 2.05) is 13.8 Å². The van der Waals surface area contributed by atoms with Crippen LogP contribution < -0.4 is 0 Å². The van der Waals surface area contributed by atoms with E-state index in [9.17, 15) is 14.3 Å². The maximum absolute atomic E-state index is 13.2. The highest BCUT2D eigenvalue weighted by atomic mass is 19.1. The zero-order chi connectivity index (χ0) is 17.3. The third-order valence-electron chi connectivity index (χ3n) is 4.58. The van der Waals surface area contributed by atoms with Gasteiger partial charge < -0.3 is 14.7 Å². The number of aliphatic hydroxyl groups is 1. The minimum Gasteiger partial charge on any atom is -0.447 e. The van der Waals surface area contributed by atoms with Crippen LogP contribution in [0.3, 0.4) is 0 Å². The van der Waals surface area contributed by atoms with Crippen LogP contribution in [0.1, 0.15) is 45.1 Å². The first-order chi connectivity index (χ1) is 11.4. The molecule has 0 unspecified atom stereocenters. The fourth-order valence-corrected chi connectivity index (χ4v) is 3.64. The van der Waals surface area contributed by atoms with E-state index in [1.54, 1.807) is 17.0 Å². The third kappa shape index (κ3) is 3.54. The minimum atomic E-state index is -1.15. The van der Waals surface area contributed by atoms with E-state index in [-0.39, 0.29) is 30.1 Å². The maximum atomic E-state index is 13.2. The molecule has 1 aromatic rings. The molecular formula is C19H22FNO3. The number of carbonyl (C=O) groups is 1. The van der Waals surface area contributed by atoms with Crippen molar-refractivity contribution in [2.24, 2.45) is 0 Å². The van der Waals surface area contributed by atoms with Crippen molar-refractivity contribution in [1.82, 2.24) is 4.90 Å². The Kier molecular flexibility index (Phi) is 4.51. The number of benzene rings is 1. The van der Waals surface area contributed by atoms with E-state index in [0.29, 0.717) is 18.4 Å². The highest BCUT2D eigenvalue weighted by molar-refractivity contribution is 5.69. The second-order valence-corrected chi connectivity index (χ2v) is 6.92. The highest BCUT2D eigenvalue weighted by Gasteiger charge is 2.49. The van der Waals surface area contributed by atoms with E-state index >= 15 is 0 Å². The van der Waals surface area contributed by atoms with Crippen LogP contribution in [0.4, 0.5) is 9.18 Å². The van der Waals surface area contributed by atoms with Gasteiger partial charge in [-0.15, -0.1) is 0 Å². The summed E-state index contributed by atoms with van der Waals surface area (Å²) in [5.74, 6) is 5.42. The third-order valence-corrected chi connectivity index (χ3v) is 4.58. The van der Waals surface area contributed by atoms with Crippen LogP contribution in [-0.4, -0.2) is 39.9 Å². The predicted molar refractivity (Wildman–Crippen MR) is 87.7 cm³/mol. The monoisotopic (exact) mass is 331 g/mol. The summed E-state index contributed by atoms with van der Waals surface area (Å²) in [6.45, 7) is 3.65. The number of hydrogen-bond donors (Lipinski definition) is 1. The van der Waals surface area contributed by atoms with Gasteiger partial charge >= 0.3 is 6.09 Å². The van der Waals surface area contributed by atoms with E-state index in [0.717, 1.165) is 12.8 Å². The predicted octanol–water partition coefficient (Wildman–Crippen LogP) is 3.08. The van der Waals surface area contributed by atoms with Gasteiger partial charge in [0.1, 0.15) is 11.4 Å². The van der Waals surface area contributed by atoms with Crippen LogP contribution in [0.2, 0.25) is 0 Å². The van der Waals surface area contributed by atoms with Gasteiger partial charge in [-0.05, 0) is 44.9 Å². The molecule has 1 amide bonds.